The van der Waals surface area contributed by atoms with Crippen molar-refractivity contribution in [1.29, 1.82) is 0 Å². The molecule has 2 amide bonds. The standard InChI is InChI=1S/C33H42N4O4S2/c1-21-16-28(41-7)26(32(40)37-14-12-36(13-15-37)23(3)38)17-29(21)42-31-20-35-30(43-31)18-27(39)25-10-8-24(9-11-25)19-34-22(2)33(4,5)6/h8-11,16-17,20,22,34H,12-15,18-19H2,1-7H3. The third kappa shape index (κ3) is 8.46. The van der Waals surface area contributed by atoms with Gasteiger partial charge in [-0.1, -0.05) is 56.8 Å². The van der Waals surface area contributed by atoms with Crippen LogP contribution in [0.3, 0.4) is 0 Å². The van der Waals surface area contributed by atoms with Crippen LogP contribution < -0.4 is 10.1 Å². The lowest BCUT2D eigenvalue weighted by Crippen LogP contribution is -2.50. The van der Waals surface area contributed by atoms with Gasteiger partial charge >= 0.3 is 0 Å². The number of methoxy groups -OCH3 is 1. The van der Waals surface area contributed by atoms with Crippen LogP contribution in [0.25, 0.3) is 0 Å². The molecule has 1 saturated heterocycles. The van der Waals surface area contributed by atoms with E-state index in [-0.39, 0.29) is 29.4 Å². The second kappa shape index (κ2) is 14.1. The lowest BCUT2D eigenvalue weighted by Gasteiger charge is -2.34. The Bertz CT molecular complexity index is 1450. The number of nitrogens with one attached hydrogen (secondary N) is 1. The molecule has 2 aromatic carbocycles. The van der Waals surface area contributed by atoms with Crippen LogP contribution in [-0.2, 0) is 17.8 Å². The van der Waals surface area contributed by atoms with Crippen LogP contribution in [0.2, 0.25) is 0 Å². The first-order valence-electron chi connectivity index (χ1n) is 14.6. The predicted octanol–water partition coefficient (Wildman–Crippen LogP) is 5.87. The number of hydrogen-bond donors (Lipinski definition) is 1. The van der Waals surface area contributed by atoms with Gasteiger partial charge < -0.3 is 19.9 Å². The third-order valence-corrected chi connectivity index (χ3v) is 10.2. The van der Waals surface area contributed by atoms with Crippen molar-refractivity contribution >= 4 is 40.7 Å². The van der Waals surface area contributed by atoms with Gasteiger partial charge in [0.2, 0.25) is 5.91 Å². The van der Waals surface area contributed by atoms with Crippen molar-refractivity contribution in [3.05, 3.63) is 69.9 Å². The third-order valence-electron chi connectivity index (χ3n) is 7.98. The van der Waals surface area contributed by atoms with Crippen LogP contribution in [0.4, 0.5) is 0 Å². The van der Waals surface area contributed by atoms with Crippen LogP contribution in [0.5, 0.6) is 5.75 Å². The highest BCUT2D eigenvalue weighted by atomic mass is 32.2. The van der Waals surface area contributed by atoms with Gasteiger partial charge in [-0.25, -0.2) is 4.98 Å². The molecule has 1 fully saturated rings. The molecule has 0 bridgehead atoms. The molecule has 1 aliphatic rings. The zero-order valence-electron chi connectivity index (χ0n) is 26.2. The van der Waals surface area contributed by atoms with E-state index in [1.165, 1.54) is 23.1 Å². The van der Waals surface area contributed by atoms with E-state index in [1.54, 1.807) is 30.0 Å². The maximum absolute atomic E-state index is 13.4. The molecule has 8 nitrogen and oxygen atoms in total. The summed E-state index contributed by atoms with van der Waals surface area (Å²) in [6.45, 7) is 15.2. The first kappa shape index (κ1) is 32.7. The van der Waals surface area contributed by atoms with Gasteiger partial charge in [-0.05, 0) is 42.5 Å². The van der Waals surface area contributed by atoms with E-state index in [1.807, 2.05) is 43.3 Å². The smallest absolute Gasteiger partial charge is 0.257 e. The highest BCUT2D eigenvalue weighted by Crippen LogP contribution is 2.37. The molecule has 0 radical (unpaired) electrons. The second-order valence-electron chi connectivity index (χ2n) is 12.1. The fourth-order valence-corrected chi connectivity index (χ4v) is 6.75. The number of carbonyl (C=O) groups excluding carboxylic acids is 3. The number of ether oxygens (including phenoxy) is 1. The Morgan fingerprint density at radius 1 is 1.07 bits per heavy atom. The monoisotopic (exact) mass is 622 g/mol. The first-order chi connectivity index (χ1) is 20.3. The first-order valence-corrected chi connectivity index (χ1v) is 16.2. The lowest BCUT2D eigenvalue weighted by molar-refractivity contribution is -0.130. The summed E-state index contributed by atoms with van der Waals surface area (Å²) in [7, 11) is 1.57. The van der Waals surface area contributed by atoms with E-state index in [9.17, 15) is 14.4 Å². The Balaban J connectivity index is 1.39. The minimum absolute atomic E-state index is 0.0246. The predicted molar refractivity (Wildman–Crippen MR) is 172 cm³/mol. The Kier molecular flexibility index (Phi) is 10.7. The summed E-state index contributed by atoms with van der Waals surface area (Å²) in [5, 5.41) is 4.31. The molecule has 3 aromatic rings. The number of hydrogen-bond acceptors (Lipinski definition) is 8. The van der Waals surface area contributed by atoms with Gasteiger partial charge in [0, 0.05) is 56.1 Å². The summed E-state index contributed by atoms with van der Waals surface area (Å²) in [4.78, 5) is 47.1. The average Bonchev–Trinajstić information content (AvgIpc) is 3.42. The van der Waals surface area contributed by atoms with Crippen LogP contribution in [-0.4, -0.2) is 71.7 Å². The number of Topliss-reactive ketones (excluding diaryl/α,β-unsaturated/α-hetero) is 1. The quantitative estimate of drug-likeness (QED) is 0.283. The SMILES string of the molecule is COc1cc(C)c(Sc2cnc(CC(=O)c3ccc(CNC(C)C(C)(C)C)cc3)s2)cc1C(=O)N1CCN(C(C)=O)CC1. The maximum Gasteiger partial charge on any atom is 0.257 e. The van der Waals surface area contributed by atoms with Gasteiger partial charge in [0.15, 0.2) is 5.78 Å². The Morgan fingerprint density at radius 3 is 2.33 bits per heavy atom. The van der Waals surface area contributed by atoms with Crippen LogP contribution >= 0.6 is 23.1 Å². The minimum Gasteiger partial charge on any atom is -0.496 e. The van der Waals surface area contributed by atoms with Crippen LogP contribution in [0.15, 0.2) is 51.7 Å². The van der Waals surface area contributed by atoms with E-state index in [4.69, 9.17) is 4.74 Å². The topological polar surface area (TPSA) is 91.8 Å². The molecule has 43 heavy (non-hydrogen) atoms. The number of benzene rings is 2. The van der Waals surface area contributed by atoms with Crippen LogP contribution in [0.1, 0.15) is 71.5 Å². The normalized spacial score (nSPS) is 14.5. The van der Waals surface area contributed by atoms with E-state index >= 15 is 0 Å². The molecule has 0 spiro atoms. The average molecular weight is 623 g/mol. The summed E-state index contributed by atoms with van der Waals surface area (Å²) in [5.41, 5.74) is 3.48. The second-order valence-corrected chi connectivity index (χ2v) is 14.5. The summed E-state index contributed by atoms with van der Waals surface area (Å²) in [5.74, 6) is 0.480. The summed E-state index contributed by atoms with van der Waals surface area (Å²) in [6.07, 6.45) is 2.02. The number of thiazole rings is 1. The number of aryl methyl sites for hydroxylation is 1. The van der Waals surface area contributed by atoms with Crippen LogP contribution in [0, 0.1) is 12.3 Å². The summed E-state index contributed by atoms with van der Waals surface area (Å²) < 4.78 is 6.51. The van der Waals surface area contributed by atoms with Gasteiger partial charge in [-0.2, -0.15) is 0 Å². The zero-order chi connectivity index (χ0) is 31.3. The summed E-state index contributed by atoms with van der Waals surface area (Å²) in [6, 6.07) is 11.9. The number of aromatic nitrogens is 1. The molecule has 0 aliphatic carbocycles. The van der Waals surface area contributed by atoms with Crippen molar-refractivity contribution in [3.8, 4) is 5.75 Å². The molecule has 1 aromatic heterocycles. The molecular weight excluding hydrogens is 581 g/mol. The molecule has 2 heterocycles. The van der Waals surface area contributed by atoms with Crippen molar-refractivity contribution in [3.63, 3.8) is 0 Å². The van der Waals surface area contributed by atoms with Gasteiger partial charge in [0.25, 0.3) is 5.91 Å². The van der Waals surface area contributed by atoms with E-state index in [0.29, 0.717) is 49.1 Å². The van der Waals surface area contributed by atoms with Gasteiger partial charge in [0.1, 0.15) is 10.8 Å². The molecule has 1 aliphatic heterocycles. The number of rotatable bonds is 10. The molecule has 230 valence electrons. The van der Waals surface area contributed by atoms with E-state index in [2.05, 4.69) is 38.0 Å². The fraction of sp³-hybridized carbons (Fsp3) is 0.455. The van der Waals surface area contributed by atoms with Crippen molar-refractivity contribution in [2.24, 2.45) is 5.41 Å². The number of ketones is 1. The van der Waals surface area contributed by atoms with Crippen molar-refractivity contribution in [1.82, 2.24) is 20.1 Å². The largest absolute Gasteiger partial charge is 0.496 e. The van der Waals surface area contributed by atoms with Crippen molar-refractivity contribution in [2.45, 2.75) is 69.7 Å². The van der Waals surface area contributed by atoms with Gasteiger partial charge in [0.05, 0.1) is 29.5 Å². The fourth-order valence-electron chi connectivity index (χ4n) is 4.66. The Morgan fingerprint density at radius 2 is 1.72 bits per heavy atom. The molecule has 1 N–H and O–H groups in total. The lowest BCUT2D eigenvalue weighted by atomic mass is 9.88. The number of piperazine rings is 1. The molecular formula is C33H42N4O4S2. The van der Waals surface area contributed by atoms with Crippen molar-refractivity contribution < 1.29 is 19.1 Å². The van der Waals surface area contributed by atoms with Gasteiger partial charge in [-0.15, -0.1) is 11.3 Å². The Labute approximate surface area is 263 Å². The minimum atomic E-state index is -0.108. The highest BCUT2D eigenvalue weighted by Gasteiger charge is 2.26. The zero-order valence-corrected chi connectivity index (χ0v) is 27.8. The number of carbonyl (C=O) groups is 3. The maximum atomic E-state index is 13.4. The Hall–Kier alpha value is -3.21. The van der Waals surface area contributed by atoms with E-state index in [0.717, 1.165) is 31.8 Å². The number of nitrogens with zero attached hydrogens (tertiary/aromatic N) is 3. The summed E-state index contributed by atoms with van der Waals surface area (Å²) >= 11 is 3.02. The molecule has 1 atom stereocenters. The molecule has 10 heteroatoms. The molecule has 1 unspecified atom stereocenters. The van der Waals surface area contributed by atoms with Crippen molar-refractivity contribution in [2.75, 3.05) is 33.3 Å². The molecule has 4 rings (SSSR count). The highest BCUT2D eigenvalue weighted by molar-refractivity contribution is 8.01. The van der Waals surface area contributed by atoms with E-state index < -0.39 is 0 Å². The van der Waals surface area contributed by atoms with Gasteiger partial charge in [-0.3, -0.25) is 14.4 Å². The molecule has 0 saturated carbocycles. The number of amides is 2.